The van der Waals surface area contributed by atoms with E-state index in [1.807, 2.05) is 0 Å². The fraction of sp³-hybridized carbons (Fsp3) is 0.192. The Morgan fingerprint density at radius 2 is 0.829 bits per heavy atom. The van der Waals surface area contributed by atoms with Gasteiger partial charge in [0.2, 0.25) is 0 Å². The molecule has 9 heteroatoms. The van der Waals surface area contributed by atoms with Crippen LogP contribution in [0, 0.1) is 5.41 Å². The Labute approximate surface area is 201 Å². The van der Waals surface area contributed by atoms with Gasteiger partial charge in [0.05, 0.1) is 5.41 Å². The lowest BCUT2D eigenvalue weighted by molar-refractivity contribution is -0.0289. The number of phenols is 3. The lowest BCUT2D eigenvalue weighted by atomic mass is 9.94. The first-order chi connectivity index (χ1) is 16.7. The summed E-state index contributed by atoms with van der Waals surface area (Å²) in [5.41, 5.74) is -1.40. The molecule has 0 aliphatic heterocycles. The summed E-state index contributed by atoms with van der Waals surface area (Å²) in [5.74, 6) is -3.28. The maximum Gasteiger partial charge on any atom is 0.341 e. The van der Waals surface area contributed by atoms with Crippen LogP contribution < -0.4 is 0 Å². The molecule has 3 aromatic rings. The highest BCUT2D eigenvalue weighted by molar-refractivity contribution is 5.93. The van der Waals surface area contributed by atoms with Crippen LogP contribution in [-0.2, 0) is 14.2 Å². The predicted molar refractivity (Wildman–Crippen MR) is 123 cm³/mol. The van der Waals surface area contributed by atoms with Crippen LogP contribution in [0.1, 0.15) is 38.0 Å². The molecule has 35 heavy (non-hydrogen) atoms. The van der Waals surface area contributed by atoms with Crippen LogP contribution in [-0.4, -0.2) is 53.0 Å². The Morgan fingerprint density at radius 1 is 0.571 bits per heavy atom. The maximum absolute atomic E-state index is 12.5. The van der Waals surface area contributed by atoms with Crippen molar-refractivity contribution in [2.75, 3.05) is 19.8 Å². The van der Waals surface area contributed by atoms with Gasteiger partial charge < -0.3 is 29.5 Å². The summed E-state index contributed by atoms with van der Waals surface area (Å²) >= 11 is 0. The van der Waals surface area contributed by atoms with Crippen molar-refractivity contribution in [1.82, 2.24) is 0 Å². The molecule has 0 bridgehead atoms. The Hall–Kier alpha value is -4.53. The zero-order valence-electron chi connectivity index (χ0n) is 18.8. The number of aromatic hydroxyl groups is 3. The van der Waals surface area contributed by atoms with Crippen molar-refractivity contribution in [3.63, 3.8) is 0 Å². The van der Waals surface area contributed by atoms with Gasteiger partial charge in [0.1, 0.15) is 53.8 Å². The van der Waals surface area contributed by atoms with Gasteiger partial charge in [0.25, 0.3) is 0 Å². The number of phenolic OH excluding ortho intramolecular Hbond substituents is 3. The van der Waals surface area contributed by atoms with Gasteiger partial charge in [-0.15, -0.1) is 0 Å². The van der Waals surface area contributed by atoms with Crippen molar-refractivity contribution in [3.05, 3.63) is 89.5 Å². The molecule has 3 N–H and O–H groups in total. The number of ether oxygens (including phenoxy) is 3. The van der Waals surface area contributed by atoms with Crippen molar-refractivity contribution < 1.29 is 43.9 Å². The summed E-state index contributed by atoms with van der Waals surface area (Å²) in [7, 11) is 0. The lowest BCUT2D eigenvalue weighted by Crippen LogP contribution is -2.37. The molecule has 3 rings (SSSR count). The Balaban J connectivity index is 1.73. The minimum absolute atomic E-state index is 0.0627. The van der Waals surface area contributed by atoms with Crippen LogP contribution >= 0.6 is 0 Å². The highest BCUT2D eigenvalue weighted by Crippen LogP contribution is 2.25. The average Bonchev–Trinajstić information content (AvgIpc) is 2.85. The molecular weight excluding hydrogens is 456 g/mol. The molecule has 182 valence electrons. The fourth-order valence-corrected chi connectivity index (χ4v) is 3.02. The van der Waals surface area contributed by atoms with Crippen LogP contribution in [0.15, 0.2) is 72.8 Å². The van der Waals surface area contributed by atoms with E-state index >= 15 is 0 Å². The summed E-state index contributed by atoms with van der Waals surface area (Å²) in [6, 6.07) is 17.4. The van der Waals surface area contributed by atoms with Crippen LogP contribution in [0.2, 0.25) is 0 Å². The second-order valence-electron chi connectivity index (χ2n) is 8.09. The molecule has 0 amide bonds. The number of rotatable bonds is 9. The van der Waals surface area contributed by atoms with E-state index in [4.69, 9.17) is 14.2 Å². The van der Waals surface area contributed by atoms with E-state index in [9.17, 15) is 29.7 Å². The second-order valence-corrected chi connectivity index (χ2v) is 8.09. The van der Waals surface area contributed by atoms with E-state index in [2.05, 4.69) is 0 Å². The number of esters is 3. The molecule has 0 saturated carbocycles. The van der Waals surface area contributed by atoms with Crippen molar-refractivity contribution >= 4 is 17.9 Å². The lowest BCUT2D eigenvalue weighted by Gasteiger charge is -2.28. The third kappa shape index (κ3) is 6.50. The van der Waals surface area contributed by atoms with Crippen molar-refractivity contribution in [2.45, 2.75) is 6.92 Å². The molecule has 0 fully saturated rings. The maximum atomic E-state index is 12.5. The van der Waals surface area contributed by atoms with Crippen LogP contribution in [0.3, 0.4) is 0 Å². The summed E-state index contributed by atoms with van der Waals surface area (Å²) in [6.45, 7) is 0.522. The largest absolute Gasteiger partial charge is 0.507 e. The third-order valence-electron chi connectivity index (χ3n) is 5.03. The Bertz CT molecular complexity index is 1070. The van der Waals surface area contributed by atoms with Gasteiger partial charge in [-0.05, 0) is 43.3 Å². The molecule has 9 nitrogen and oxygen atoms in total. The molecule has 0 radical (unpaired) electrons. The van der Waals surface area contributed by atoms with Gasteiger partial charge in [-0.1, -0.05) is 36.4 Å². The molecule has 0 aliphatic rings. The number of hydrogen-bond donors (Lipinski definition) is 3. The van der Waals surface area contributed by atoms with Gasteiger partial charge in [-0.2, -0.15) is 0 Å². The quantitative estimate of drug-likeness (QED) is 0.309. The second kappa shape index (κ2) is 11.1. The number of carbonyl (C=O) groups is 3. The number of carbonyl (C=O) groups excluding carboxylic acids is 3. The molecule has 0 aromatic heterocycles. The molecule has 0 unspecified atom stereocenters. The Kier molecular flexibility index (Phi) is 7.93. The summed E-state index contributed by atoms with van der Waals surface area (Å²) in [6.07, 6.45) is 0. The fourth-order valence-electron chi connectivity index (χ4n) is 3.02. The molecule has 0 atom stereocenters. The molecule has 0 saturated heterocycles. The summed E-state index contributed by atoms with van der Waals surface area (Å²) in [4.78, 5) is 37.4. The number of para-hydroxylation sites is 3. The van der Waals surface area contributed by atoms with Gasteiger partial charge in [0, 0.05) is 0 Å². The highest BCUT2D eigenvalue weighted by Gasteiger charge is 2.32. The first kappa shape index (κ1) is 25.1. The first-order valence-corrected chi connectivity index (χ1v) is 10.6. The molecule has 0 aliphatic carbocycles. The normalized spacial score (nSPS) is 10.9. The van der Waals surface area contributed by atoms with Crippen molar-refractivity contribution in [2.24, 2.45) is 5.41 Å². The van der Waals surface area contributed by atoms with Gasteiger partial charge in [-0.25, -0.2) is 14.4 Å². The van der Waals surface area contributed by atoms with E-state index in [0.717, 1.165) is 0 Å². The SMILES string of the molecule is CC(COC(=O)c1ccccc1O)(COC(=O)c1ccccc1O)COC(=O)c1ccccc1O. The third-order valence-corrected chi connectivity index (χ3v) is 5.03. The highest BCUT2D eigenvalue weighted by atomic mass is 16.6. The van der Waals surface area contributed by atoms with Crippen LogP contribution in [0.4, 0.5) is 0 Å². The topological polar surface area (TPSA) is 140 Å². The first-order valence-electron chi connectivity index (χ1n) is 10.6. The van der Waals surface area contributed by atoms with Crippen LogP contribution in [0.25, 0.3) is 0 Å². The van der Waals surface area contributed by atoms with E-state index in [0.29, 0.717) is 0 Å². The average molecular weight is 480 g/mol. The van der Waals surface area contributed by atoms with Gasteiger partial charge in [-0.3, -0.25) is 0 Å². The molecule has 0 spiro atoms. The molecular formula is C26H24O9. The molecule has 0 heterocycles. The summed E-state index contributed by atoms with van der Waals surface area (Å²) < 4.78 is 16.0. The van der Waals surface area contributed by atoms with Crippen molar-refractivity contribution in [1.29, 1.82) is 0 Å². The predicted octanol–water partition coefficient (Wildman–Crippen LogP) is 3.68. The smallest absolute Gasteiger partial charge is 0.341 e. The number of benzene rings is 3. The monoisotopic (exact) mass is 480 g/mol. The minimum Gasteiger partial charge on any atom is -0.507 e. The summed E-state index contributed by atoms with van der Waals surface area (Å²) in [5, 5.41) is 29.6. The standard InChI is InChI=1S/C26H24O9/c1-26(14-33-23(30)17-8-2-5-11-20(17)27,15-34-24(31)18-9-3-6-12-21(18)28)16-35-25(32)19-10-4-7-13-22(19)29/h2-13,27-29H,14-16H2,1H3. The zero-order chi connectivity index (χ0) is 25.4. The van der Waals surface area contributed by atoms with E-state index in [1.54, 1.807) is 43.3 Å². The Morgan fingerprint density at radius 3 is 1.09 bits per heavy atom. The van der Waals surface area contributed by atoms with E-state index in [-0.39, 0.29) is 53.8 Å². The molecule has 3 aromatic carbocycles. The van der Waals surface area contributed by atoms with Crippen LogP contribution in [0.5, 0.6) is 17.2 Å². The minimum atomic E-state index is -1.21. The van der Waals surface area contributed by atoms with E-state index in [1.165, 1.54) is 36.4 Å². The van der Waals surface area contributed by atoms with Crippen molar-refractivity contribution in [3.8, 4) is 17.2 Å². The van der Waals surface area contributed by atoms with Gasteiger partial charge in [0.15, 0.2) is 0 Å². The van der Waals surface area contributed by atoms with Gasteiger partial charge >= 0.3 is 17.9 Å². The zero-order valence-corrected chi connectivity index (χ0v) is 18.8. The van der Waals surface area contributed by atoms with E-state index < -0.39 is 23.3 Å². The number of hydrogen-bond acceptors (Lipinski definition) is 9.